The van der Waals surface area contributed by atoms with E-state index in [0.717, 1.165) is 40.6 Å². The highest BCUT2D eigenvalue weighted by molar-refractivity contribution is 6.04. The summed E-state index contributed by atoms with van der Waals surface area (Å²) in [5, 5.41) is 3.73. The number of para-hydroxylation sites is 2. The molecule has 4 rings (SSSR count). The molecule has 4 nitrogen and oxygen atoms in total. The van der Waals surface area contributed by atoms with E-state index < -0.39 is 0 Å². The maximum absolute atomic E-state index is 5.33. The number of anilines is 1. The molecule has 0 amide bonds. The number of rotatable bonds is 4. The van der Waals surface area contributed by atoms with Gasteiger partial charge in [-0.15, -0.1) is 0 Å². The Bertz CT molecular complexity index is 994. The average Bonchev–Trinajstić information content (AvgIpc) is 2.90. The van der Waals surface area contributed by atoms with E-state index >= 15 is 0 Å². The molecule has 1 heterocycles. The topological polar surface area (TPSA) is 42.8 Å². The first-order valence-electron chi connectivity index (χ1n) is 9.35. The number of nitrogens with zero attached hydrogens (tertiary/aromatic N) is 1. The van der Waals surface area contributed by atoms with Crippen molar-refractivity contribution in [2.45, 2.75) is 18.9 Å². The number of hydrogen-bond acceptors (Lipinski definition) is 4. The number of methoxy groups -OCH3 is 2. The van der Waals surface area contributed by atoms with Gasteiger partial charge in [-0.25, -0.2) is 0 Å². The molecule has 1 aliphatic rings. The summed E-state index contributed by atoms with van der Waals surface area (Å²) in [6, 6.07) is 24.5. The summed E-state index contributed by atoms with van der Waals surface area (Å²) >= 11 is 0. The van der Waals surface area contributed by atoms with E-state index in [0.29, 0.717) is 0 Å². The first-order valence-corrected chi connectivity index (χ1v) is 9.35. The summed E-state index contributed by atoms with van der Waals surface area (Å²) < 4.78 is 10.6. The van der Waals surface area contributed by atoms with E-state index in [2.05, 4.69) is 42.6 Å². The second-order valence-electron chi connectivity index (χ2n) is 7.17. The molecule has 4 heteroatoms. The second kappa shape index (κ2) is 7.39. The van der Waals surface area contributed by atoms with Crippen molar-refractivity contribution in [3.05, 3.63) is 83.9 Å². The summed E-state index contributed by atoms with van der Waals surface area (Å²) in [5.41, 5.74) is 5.00. The molecule has 142 valence electrons. The fraction of sp³-hybridized carbons (Fsp3) is 0.208. The lowest BCUT2D eigenvalue weighted by atomic mass is 9.85. The van der Waals surface area contributed by atoms with Crippen molar-refractivity contribution in [1.82, 2.24) is 0 Å². The van der Waals surface area contributed by atoms with Gasteiger partial charge in [0.15, 0.2) is 0 Å². The predicted octanol–water partition coefficient (Wildman–Crippen LogP) is 5.56. The van der Waals surface area contributed by atoms with E-state index in [9.17, 15) is 0 Å². The molecular weight excluding hydrogens is 348 g/mol. The summed E-state index contributed by atoms with van der Waals surface area (Å²) in [4.78, 5) is 5.01. The van der Waals surface area contributed by atoms with Crippen LogP contribution >= 0.6 is 0 Å². The minimum atomic E-state index is -0.308. The molecule has 1 unspecified atom stereocenters. The van der Waals surface area contributed by atoms with Gasteiger partial charge in [0.25, 0.3) is 0 Å². The Morgan fingerprint density at radius 2 is 1.43 bits per heavy atom. The summed E-state index contributed by atoms with van der Waals surface area (Å²) in [6.45, 7) is 2.22. The first-order chi connectivity index (χ1) is 13.6. The van der Waals surface area contributed by atoms with Gasteiger partial charge in [0.1, 0.15) is 11.5 Å². The maximum Gasteiger partial charge on any atom is 0.118 e. The molecule has 0 spiro atoms. The molecule has 0 saturated carbocycles. The van der Waals surface area contributed by atoms with Crippen LogP contribution in [-0.4, -0.2) is 19.9 Å². The summed E-state index contributed by atoms with van der Waals surface area (Å²) in [6.07, 6.45) is 0.750. The molecule has 3 aromatic rings. The quantitative estimate of drug-likeness (QED) is 0.652. The van der Waals surface area contributed by atoms with E-state index in [1.807, 2.05) is 42.5 Å². The van der Waals surface area contributed by atoms with Gasteiger partial charge < -0.3 is 14.8 Å². The Balaban J connectivity index is 1.80. The fourth-order valence-corrected chi connectivity index (χ4v) is 3.62. The normalized spacial score (nSPS) is 18.3. The van der Waals surface area contributed by atoms with Crippen molar-refractivity contribution in [3.63, 3.8) is 0 Å². The van der Waals surface area contributed by atoms with Gasteiger partial charge in [0.05, 0.1) is 36.8 Å². The summed E-state index contributed by atoms with van der Waals surface area (Å²) in [5.74, 6) is 1.69. The zero-order valence-corrected chi connectivity index (χ0v) is 16.4. The molecule has 0 aromatic heterocycles. The largest absolute Gasteiger partial charge is 0.497 e. The minimum absolute atomic E-state index is 0.308. The van der Waals surface area contributed by atoms with Crippen LogP contribution in [0.15, 0.2) is 77.8 Å². The zero-order chi connectivity index (χ0) is 19.6. The van der Waals surface area contributed by atoms with Gasteiger partial charge in [-0.1, -0.05) is 24.3 Å². The number of aliphatic imine (C=N–C) groups is 1. The minimum Gasteiger partial charge on any atom is -0.497 e. The lowest BCUT2D eigenvalue weighted by Crippen LogP contribution is -2.33. The smallest absolute Gasteiger partial charge is 0.118 e. The van der Waals surface area contributed by atoms with Crippen LogP contribution in [0.1, 0.15) is 24.5 Å². The number of hydrogen-bond donors (Lipinski definition) is 1. The van der Waals surface area contributed by atoms with Gasteiger partial charge in [0, 0.05) is 6.42 Å². The van der Waals surface area contributed by atoms with E-state index in [1.165, 1.54) is 5.56 Å². The molecule has 28 heavy (non-hydrogen) atoms. The number of ether oxygens (including phenoxy) is 2. The predicted molar refractivity (Wildman–Crippen MR) is 114 cm³/mol. The Kier molecular flexibility index (Phi) is 4.78. The Labute approximate surface area is 165 Å². The van der Waals surface area contributed by atoms with Crippen LogP contribution in [0.3, 0.4) is 0 Å². The molecule has 0 saturated heterocycles. The molecule has 1 aliphatic heterocycles. The summed E-state index contributed by atoms with van der Waals surface area (Å²) in [7, 11) is 3.37. The molecule has 0 aliphatic carbocycles. The van der Waals surface area contributed by atoms with Crippen molar-refractivity contribution < 1.29 is 9.47 Å². The SMILES string of the molecule is COc1ccc(C2=Nc3ccccc3NC(C)(c3ccc(OC)cc3)C2)cc1. The first kappa shape index (κ1) is 18.1. The van der Waals surface area contributed by atoms with Crippen LogP contribution < -0.4 is 14.8 Å². The van der Waals surface area contributed by atoms with Crippen LogP contribution in [0, 0.1) is 0 Å². The van der Waals surface area contributed by atoms with Gasteiger partial charge in [-0.3, -0.25) is 4.99 Å². The zero-order valence-electron chi connectivity index (χ0n) is 16.4. The molecular formula is C24H24N2O2. The van der Waals surface area contributed by atoms with Gasteiger partial charge in [-0.05, 0) is 66.6 Å². The monoisotopic (exact) mass is 372 g/mol. The highest BCUT2D eigenvalue weighted by Crippen LogP contribution is 2.39. The Morgan fingerprint density at radius 1 is 0.821 bits per heavy atom. The third-order valence-electron chi connectivity index (χ3n) is 5.24. The van der Waals surface area contributed by atoms with Crippen molar-refractivity contribution in [1.29, 1.82) is 0 Å². The molecule has 1 atom stereocenters. The highest BCUT2D eigenvalue weighted by Gasteiger charge is 2.32. The van der Waals surface area contributed by atoms with Crippen LogP contribution in [0.25, 0.3) is 0 Å². The maximum atomic E-state index is 5.33. The van der Waals surface area contributed by atoms with Crippen LogP contribution in [0.4, 0.5) is 11.4 Å². The van der Waals surface area contributed by atoms with Crippen molar-refractivity contribution >= 4 is 17.1 Å². The molecule has 0 bridgehead atoms. The second-order valence-corrected chi connectivity index (χ2v) is 7.17. The van der Waals surface area contributed by atoms with Crippen molar-refractivity contribution in [2.75, 3.05) is 19.5 Å². The number of benzene rings is 3. The lowest BCUT2D eigenvalue weighted by molar-refractivity contribution is 0.414. The highest BCUT2D eigenvalue weighted by atomic mass is 16.5. The van der Waals surface area contributed by atoms with E-state index in [-0.39, 0.29) is 5.54 Å². The molecule has 1 N–H and O–H groups in total. The third-order valence-corrected chi connectivity index (χ3v) is 5.24. The van der Waals surface area contributed by atoms with E-state index in [1.54, 1.807) is 14.2 Å². The molecule has 0 fully saturated rings. The lowest BCUT2D eigenvalue weighted by Gasteiger charge is -2.32. The number of fused-ring (bicyclic) bond motifs is 1. The van der Waals surface area contributed by atoms with Gasteiger partial charge in [-0.2, -0.15) is 0 Å². The standard InChI is InChI=1S/C24H24N2O2/c1-24(18-10-14-20(28-3)15-11-18)16-23(17-8-12-19(27-2)13-9-17)25-21-6-4-5-7-22(21)26-24/h4-15,26H,16H2,1-3H3. The molecule has 3 aromatic carbocycles. The van der Waals surface area contributed by atoms with Crippen LogP contribution in [0.5, 0.6) is 11.5 Å². The van der Waals surface area contributed by atoms with Gasteiger partial charge >= 0.3 is 0 Å². The van der Waals surface area contributed by atoms with E-state index in [4.69, 9.17) is 14.5 Å². The van der Waals surface area contributed by atoms with Gasteiger partial charge in [0.2, 0.25) is 0 Å². The average molecular weight is 372 g/mol. The number of nitrogens with one attached hydrogen (secondary N) is 1. The Hall–Kier alpha value is -3.27. The van der Waals surface area contributed by atoms with Crippen molar-refractivity contribution in [3.8, 4) is 11.5 Å². The third kappa shape index (κ3) is 3.46. The fourth-order valence-electron chi connectivity index (χ4n) is 3.62. The molecule has 0 radical (unpaired) electrons. The van der Waals surface area contributed by atoms with Crippen LogP contribution in [0.2, 0.25) is 0 Å². The van der Waals surface area contributed by atoms with Crippen LogP contribution in [-0.2, 0) is 5.54 Å². The van der Waals surface area contributed by atoms with Crippen molar-refractivity contribution in [2.24, 2.45) is 4.99 Å². The Morgan fingerprint density at radius 3 is 2.07 bits per heavy atom.